The first-order valence-corrected chi connectivity index (χ1v) is 6.49. The molecular formula is C16H20N2. The van der Waals surface area contributed by atoms with Crippen LogP contribution in [0.15, 0.2) is 36.8 Å². The van der Waals surface area contributed by atoms with Gasteiger partial charge in [0.25, 0.3) is 0 Å². The van der Waals surface area contributed by atoms with E-state index in [1.807, 2.05) is 6.20 Å². The Hall–Kier alpha value is -1.83. The highest BCUT2D eigenvalue weighted by molar-refractivity contribution is 5.79. The monoisotopic (exact) mass is 240 g/mol. The third-order valence-electron chi connectivity index (χ3n) is 3.32. The Bertz CT molecular complexity index is 536. The minimum atomic E-state index is 1.09. The predicted octanol–water partition coefficient (Wildman–Crippen LogP) is 4.26. The molecule has 94 valence electrons. The normalized spacial score (nSPS) is 11.8. The molecule has 1 heterocycles. The van der Waals surface area contributed by atoms with Crippen LogP contribution in [0.3, 0.4) is 0 Å². The molecule has 0 spiro atoms. The zero-order valence-corrected chi connectivity index (χ0v) is 11.3. The molecule has 2 heteroatoms. The third-order valence-corrected chi connectivity index (χ3v) is 3.32. The van der Waals surface area contributed by atoms with Crippen molar-refractivity contribution in [3.63, 3.8) is 0 Å². The van der Waals surface area contributed by atoms with Crippen LogP contribution in [0.4, 0.5) is 0 Å². The van der Waals surface area contributed by atoms with E-state index in [4.69, 9.17) is 0 Å². The van der Waals surface area contributed by atoms with Gasteiger partial charge in [-0.15, -0.1) is 0 Å². The van der Waals surface area contributed by atoms with Crippen molar-refractivity contribution in [2.24, 2.45) is 0 Å². The number of aromatic amines is 1. The van der Waals surface area contributed by atoms with Gasteiger partial charge in [-0.25, -0.2) is 4.98 Å². The molecular weight excluding hydrogens is 220 g/mol. The van der Waals surface area contributed by atoms with E-state index in [9.17, 15) is 0 Å². The zero-order chi connectivity index (χ0) is 13.0. The molecule has 0 radical (unpaired) electrons. The summed E-state index contributed by atoms with van der Waals surface area (Å²) in [6, 6.07) is 6.46. The van der Waals surface area contributed by atoms with Crippen molar-refractivity contribution >= 4 is 5.57 Å². The Morgan fingerprint density at radius 2 is 2.17 bits per heavy atom. The highest BCUT2D eigenvalue weighted by Crippen LogP contribution is 2.26. The maximum atomic E-state index is 4.13. The fourth-order valence-corrected chi connectivity index (χ4v) is 2.10. The lowest BCUT2D eigenvalue weighted by Gasteiger charge is -2.11. The van der Waals surface area contributed by atoms with Crippen LogP contribution in [0.1, 0.15) is 42.1 Å². The van der Waals surface area contributed by atoms with Gasteiger partial charge in [0.2, 0.25) is 0 Å². The highest BCUT2D eigenvalue weighted by Gasteiger charge is 2.09. The van der Waals surface area contributed by atoms with Crippen molar-refractivity contribution in [2.75, 3.05) is 0 Å². The van der Waals surface area contributed by atoms with E-state index in [0.29, 0.717) is 0 Å². The number of nitrogens with zero attached hydrogens (tertiary/aromatic N) is 1. The van der Waals surface area contributed by atoms with Crippen LogP contribution >= 0.6 is 0 Å². The van der Waals surface area contributed by atoms with Crippen LogP contribution in [-0.2, 0) is 0 Å². The van der Waals surface area contributed by atoms with Gasteiger partial charge in [-0.2, -0.15) is 0 Å². The first kappa shape index (κ1) is 12.6. The third kappa shape index (κ3) is 2.53. The van der Waals surface area contributed by atoms with E-state index in [-0.39, 0.29) is 0 Å². The molecule has 0 atom stereocenters. The Morgan fingerprint density at radius 3 is 2.83 bits per heavy atom. The largest absolute Gasteiger partial charge is 0.345 e. The van der Waals surface area contributed by atoms with Crippen LogP contribution in [0.5, 0.6) is 0 Å². The quantitative estimate of drug-likeness (QED) is 0.850. The van der Waals surface area contributed by atoms with Gasteiger partial charge in [0, 0.05) is 5.57 Å². The lowest BCUT2D eigenvalue weighted by molar-refractivity contribution is 0.959. The van der Waals surface area contributed by atoms with Gasteiger partial charge < -0.3 is 4.98 Å². The Labute approximate surface area is 109 Å². The van der Waals surface area contributed by atoms with Crippen LogP contribution in [-0.4, -0.2) is 9.97 Å². The number of unbranched alkanes of at least 4 members (excludes halogenated alkanes) is 1. The number of imidazole rings is 1. The van der Waals surface area contributed by atoms with Crippen LogP contribution in [0.2, 0.25) is 0 Å². The molecule has 18 heavy (non-hydrogen) atoms. The van der Waals surface area contributed by atoms with Gasteiger partial charge in [-0.3, -0.25) is 0 Å². The maximum absolute atomic E-state index is 4.13. The molecule has 0 fully saturated rings. The van der Waals surface area contributed by atoms with E-state index in [2.05, 4.69) is 55.0 Å². The summed E-state index contributed by atoms with van der Waals surface area (Å²) < 4.78 is 0. The van der Waals surface area contributed by atoms with Gasteiger partial charge in [0.1, 0.15) is 0 Å². The molecule has 0 aliphatic carbocycles. The minimum absolute atomic E-state index is 1.09. The van der Waals surface area contributed by atoms with Crippen molar-refractivity contribution in [3.05, 3.63) is 59.2 Å². The number of allylic oxidation sites excluding steroid dienone is 1. The van der Waals surface area contributed by atoms with E-state index >= 15 is 0 Å². The van der Waals surface area contributed by atoms with Gasteiger partial charge in [-0.1, -0.05) is 37.6 Å². The van der Waals surface area contributed by atoms with Crippen LogP contribution in [0, 0.1) is 13.8 Å². The fraction of sp³-hybridized carbons (Fsp3) is 0.312. The molecule has 0 unspecified atom stereocenters. The lowest BCUT2D eigenvalue weighted by Crippen LogP contribution is -1.94. The summed E-state index contributed by atoms with van der Waals surface area (Å²) in [5.74, 6) is 0. The average Bonchev–Trinajstić information content (AvgIpc) is 2.88. The van der Waals surface area contributed by atoms with E-state index in [0.717, 1.165) is 18.5 Å². The second kappa shape index (κ2) is 5.67. The minimum Gasteiger partial charge on any atom is -0.345 e. The molecule has 0 saturated carbocycles. The fourth-order valence-electron chi connectivity index (χ4n) is 2.10. The van der Waals surface area contributed by atoms with Gasteiger partial charge in [-0.05, 0) is 37.0 Å². The molecule has 0 saturated heterocycles. The molecule has 2 rings (SSSR count). The second-order valence-electron chi connectivity index (χ2n) is 4.62. The first-order chi connectivity index (χ1) is 8.74. The van der Waals surface area contributed by atoms with Gasteiger partial charge >= 0.3 is 0 Å². The summed E-state index contributed by atoms with van der Waals surface area (Å²) in [6.07, 6.45) is 8.17. The molecule has 1 aromatic heterocycles. The summed E-state index contributed by atoms with van der Waals surface area (Å²) in [4.78, 5) is 7.34. The van der Waals surface area contributed by atoms with Crippen molar-refractivity contribution < 1.29 is 0 Å². The maximum Gasteiger partial charge on any atom is 0.0924 e. The second-order valence-corrected chi connectivity index (χ2v) is 4.62. The van der Waals surface area contributed by atoms with Gasteiger partial charge in [0.15, 0.2) is 0 Å². The van der Waals surface area contributed by atoms with Crippen LogP contribution in [0.25, 0.3) is 5.57 Å². The van der Waals surface area contributed by atoms with Crippen molar-refractivity contribution in [2.45, 2.75) is 33.6 Å². The number of rotatable bonds is 4. The van der Waals surface area contributed by atoms with Crippen LogP contribution < -0.4 is 0 Å². The van der Waals surface area contributed by atoms with E-state index < -0.39 is 0 Å². The average molecular weight is 240 g/mol. The molecule has 1 N–H and O–H groups in total. The molecule has 2 nitrogen and oxygen atoms in total. The molecule has 0 amide bonds. The molecule has 1 aromatic carbocycles. The van der Waals surface area contributed by atoms with E-state index in [1.54, 1.807) is 6.33 Å². The Balaban J connectivity index is 2.50. The Kier molecular flexibility index (Phi) is 3.98. The SMILES string of the molecule is CCCC=C(c1cnc[nH]1)c1cccc(C)c1C. The number of nitrogens with one attached hydrogen (secondary N) is 1. The zero-order valence-electron chi connectivity index (χ0n) is 11.3. The standard InChI is InChI=1S/C16H20N2/c1-4-5-8-15(16-10-17-11-18-16)14-9-6-7-12(2)13(14)3/h6-11H,4-5H2,1-3H3,(H,17,18). The number of benzene rings is 1. The summed E-state index contributed by atoms with van der Waals surface area (Å²) >= 11 is 0. The molecule has 0 bridgehead atoms. The summed E-state index contributed by atoms with van der Waals surface area (Å²) in [6.45, 7) is 6.54. The number of aromatic nitrogens is 2. The number of hydrogen-bond donors (Lipinski definition) is 1. The smallest absolute Gasteiger partial charge is 0.0924 e. The number of H-pyrrole nitrogens is 1. The number of aryl methyl sites for hydroxylation is 1. The predicted molar refractivity (Wildman–Crippen MR) is 76.5 cm³/mol. The number of hydrogen-bond acceptors (Lipinski definition) is 1. The molecule has 2 aromatic rings. The lowest BCUT2D eigenvalue weighted by atomic mass is 9.94. The van der Waals surface area contributed by atoms with Crippen molar-refractivity contribution in [1.82, 2.24) is 9.97 Å². The van der Waals surface area contributed by atoms with Gasteiger partial charge in [0.05, 0.1) is 18.2 Å². The van der Waals surface area contributed by atoms with Crippen molar-refractivity contribution in [1.29, 1.82) is 0 Å². The summed E-state index contributed by atoms with van der Waals surface area (Å²) in [5, 5.41) is 0. The first-order valence-electron chi connectivity index (χ1n) is 6.49. The van der Waals surface area contributed by atoms with E-state index in [1.165, 1.54) is 22.3 Å². The Morgan fingerprint density at radius 1 is 1.33 bits per heavy atom. The molecule has 0 aliphatic rings. The van der Waals surface area contributed by atoms with Crippen molar-refractivity contribution in [3.8, 4) is 0 Å². The summed E-state index contributed by atoms with van der Waals surface area (Å²) in [5.41, 5.74) is 6.32. The summed E-state index contributed by atoms with van der Waals surface area (Å²) in [7, 11) is 0. The molecule has 0 aliphatic heterocycles. The highest BCUT2D eigenvalue weighted by atomic mass is 14.9. The topological polar surface area (TPSA) is 28.7 Å².